The molecule has 1 aromatic carbocycles. The first kappa shape index (κ1) is 6.66. The molecule has 1 aliphatic carbocycles. The summed E-state index contributed by atoms with van der Waals surface area (Å²) in [5.74, 6) is 0. The summed E-state index contributed by atoms with van der Waals surface area (Å²) in [6, 6.07) is 6.68. The molecule has 56 valence electrons. The molecule has 1 aliphatic rings. The van der Waals surface area contributed by atoms with Crippen molar-refractivity contribution in [2.45, 2.75) is 20.3 Å². The second-order valence-electron chi connectivity index (χ2n) is 3.37. The molecule has 0 saturated heterocycles. The Morgan fingerprint density at radius 3 is 2.82 bits per heavy atom. The highest BCUT2D eigenvalue weighted by Crippen LogP contribution is 2.24. The van der Waals surface area contributed by atoms with Crippen LogP contribution in [-0.2, 0) is 6.42 Å². The molecule has 0 bridgehead atoms. The van der Waals surface area contributed by atoms with Crippen molar-refractivity contribution in [3.8, 4) is 0 Å². The van der Waals surface area contributed by atoms with Crippen LogP contribution in [0.1, 0.15) is 23.6 Å². The maximum absolute atomic E-state index is 2.28. The van der Waals surface area contributed by atoms with Crippen molar-refractivity contribution in [1.82, 2.24) is 0 Å². The van der Waals surface area contributed by atoms with E-state index in [1.165, 1.54) is 22.3 Å². The molecule has 0 nitrogen and oxygen atoms in total. The van der Waals surface area contributed by atoms with E-state index in [0.29, 0.717) is 0 Å². The molecule has 0 heterocycles. The van der Waals surface area contributed by atoms with E-state index < -0.39 is 0 Å². The summed E-state index contributed by atoms with van der Waals surface area (Å²) in [6.45, 7) is 4.33. The highest BCUT2D eigenvalue weighted by Gasteiger charge is 2.07. The van der Waals surface area contributed by atoms with Crippen LogP contribution in [0, 0.1) is 6.92 Å². The van der Waals surface area contributed by atoms with E-state index in [1.54, 1.807) is 0 Å². The standard InChI is InChI=1S/C11H12/c1-8-3-4-10-6-9(2)7-11(10)5-8/h3-5,7H,6H2,1-2H3. The molecule has 0 heteroatoms. The number of aryl methyl sites for hydroxylation is 1. The Bertz CT molecular complexity index is 319. The molecular formula is C11H12. The Hall–Kier alpha value is -1.04. The van der Waals surface area contributed by atoms with Crippen molar-refractivity contribution in [2.24, 2.45) is 0 Å². The smallest absolute Gasteiger partial charge is 0.00606 e. The normalized spacial score (nSPS) is 14.5. The van der Waals surface area contributed by atoms with Gasteiger partial charge in [0.1, 0.15) is 0 Å². The third-order valence-electron chi connectivity index (χ3n) is 2.17. The van der Waals surface area contributed by atoms with Crippen LogP contribution < -0.4 is 0 Å². The van der Waals surface area contributed by atoms with Crippen molar-refractivity contribution in [3.05, 3.63) is 40.5 Å². The summed E-state index contributed by atoms with van der Waals surface area (Å²) >= 11 is 0. The maximum Gasteiger partial charge on any atom is -0.00606 e. The van der Waals surface area contributed by atoms with Gasteiger partial charge >= 0.3 is 0 Å². The third-order valence-corrected chi connectivity index (χ3v) is 2.17. The molecule has 0 atom stereocenters. The Morgan fingerprint density at radius 2 is 2.00 bits per heavy atom. The second-order valence-corrected chi connectivity index (χ2v) is 3.37. The van der Waals surface area contributed by atoms with E-state index in [4.69, 9.17) is 0 Å². The zero-order chi connectivity index (χ0) is 7.84. The Balaban J connectivity index is 2.54. The van der Waals surface area contributed by atoms with Crippen LogP contribution >= 0.6 is 0 Å². The van der Waals surface area contributed by atoms with E-state index >= 15 is 0 Å². The van der Waals surface area contributed by atoms with Gasteiger partial charge < -0.3 is 0 Å². The van der Waals surface area contributed by atoms with Crippen molar-refractivity contribution in [1.29, 1.82) is 0 Å². The number of rotatable bonds is 0. The zero-order valence-corrected chi connectivity index (χ0v) is 7.02. The number of hydrogen-bond donors (Lipinski definition) is 0. The van der Waals surface area contributed by atoms with Gasteiger partial charge in [-0.15, -0.1) is 0 Å². The molecule has 0 radical (unpaired) electrons. The maximum atomic E-state index is 2.28. The van der Waals surface area contributed by atoms with Gasteiger partial charge in [0.05, 0.1) is 0 Å². The van der Waals surface area contributed by atoms with Gasteiger partial charge in [-0.05, 0) is 31.4 Å². The SMILES string of the molecule is CC1=Cc2cc(C)ccc2C1. The van der Waals surface area contributed by atoms with Gasteiger partial charge in [0, 0.05) is 0 Å². The van der Waals surface area contributed by atoms with Crippen molar-refractivity contribution in [2.75, 3.05) is 0 Å². The van der Waals surface area contributed by atoms with Crippen molar-refractivity contribution >= 4 is 6.08 Å². The van der Waals surface area contributed by atoms with Gasteiger partial charge in [0.25, 0.3) is 0 Å². The zero-order valence-electron chi connectivity index (χ0n) is 7.02. The van der Waals surface area contributed by atoms with E-state index in [9.17, 15) is 0 Å². The third kappa shape index (κ3) is 1.09. The fraction of sp³-hybridized carbons (Fsp3) is 0.273. The van der Waals surface area contributed by atoms with Gasteiger partial charge in [-0.3, -0.25) is 0 Å². The van der Waals surface area contributed by atoms with Gasteiger partial charge in [0.15, 0.2) is 0 Å². The fourth-order valence-corrected chi connectivity index (χ4v) is 1.63. The van der Waals surface area contributed by atoms with Crippen LogP contribution in [0.15, 0.2) is 23.8 Å². The molecule has 0 spiro atoms. The fourth-order valence-electron chi connectivity index (χ4n) is 1.63. The summed E-state index contributed by atoms with van der Waals surface area (Å²) in [7, 11) is 0. The highest BCUT2D eigenvalue weighted by molar-refractivity contribution is 5.63. The molecule has 11 heavy (non-hydrogen) atoms. The molecule has 2 rings (SSSR count). The van der Waals surface area contributed by atoms with E-state index in [0.717, 1.165) is 6.42 Å². The molecule has 0 N–H and O–H groups in total. The molecule has 0 fully saturated rings. The summed E-state index contributed by atoms with van der Waals surface area (Å²) in [6.07, 6.45) is 3.43. The number of fused-ring (bicyclic) bond motifs is 1. The van der Waals surface area contributed by atoms with Gasteiger partial charge in [-0.1, -0.05) is 35.4 Å². The monoisotopic (exact) mass is 144 g/mol. The lowest BCUT2D eigenvalue weighted by atomic mass is 10.1. The first-order chi connectivity index (χ1) is 5.25. The predicted octanol–water partition coefficient (Wildman–Crippen LogP) is 2.95. The number of benzene rings is 1. The molecular weight excluding hydrogens is 132 g/mol. The van der Waals surface area contributed by atoms with Crippen molar-refractivity contribution < 1.29 is 0 Å². The van der Waals surface area contributed by atoms with E-state index in [1.807, 2.05) is 0 Å². The Labute approximate surface area is 67.6 Å². The Kier molecular flexibility index (Phi) is 1.35. The van der Waals surface area contributed by atoms with Gasteiger partial charge in [-0.25, -0.2) is 0 Å². The van der Waals surface area contributed by atoms with Crippen LogP contribution in [0.3, 0.4) is 0 Å². The van der Waals surface area contributed by atoms with E-state index in [2.05, 4.69) is 38.1 Å². The molecule has 0 saturated carbocycles. The number of hydrogen-bond acceptors (Lipinski definition) is 0. The van der Waals surface area contributed by atoms with Gasteiger partial charge in [-0.2, -0.15) is 0 Å². The molecule has 0 aromatic heterocycles. The molecule has 0 aliphatic heterocycles. The largest absolute Gasteiger partial charge is 0.0683 e. The highest BCUT2D eigenvalue weighted by atomic mass is 14.1. The average molecular weight is 144 g/mol. The Morgan fingerprint density at radius 1 is 1.18 bits per heavy atom. The summed E-state index contributed by atoms with van der Waals surface area (Å²) in [5.41, 5.74) is 5.73. The number of allylic oxidation sites excluding steroid dienone is 1. The first-order valence-corrected chi connectivity index (χ1v) is 4.02. The second kappa shape index (κ2) is 2.23. The minimum atomic E-state index is 1.15. The predicted molar refractivity (Wildman–Crippen MR) is 48.5 cm³/mol. The summed E-state index contributed by atoms with van der Waals surface area (Å²) < 4.78 is 0. The van der Waals surface area contributed by atoms with Crippen LogP contribution in [0.5, 0.6) is 0 Å². The first-order valence-electron chi connectivity index (χ1n) is 4.02. The lowest BCUT2D eigenvalue weighted by Gasteiger charge is -1.98. The van der Waals surface area contributed by atoms with Crippen LogP contribution in [0.2, 0.25) is 0 Å². The molecule has 1 aromatic rings. The quantitative estimate of drug-likeness (QED) is 0.525. The minimum absolute atomic E-state index is 1.15. The van der Waals surface area contributed by atoms with Crippen LogP contribution in [0.25, 0.3) is 6.08 Å². The topological polar surface area (TPSA) is 0 Å². The minimum Gasteiger partial charge on any atom is -0.0683 e. The van der Waals surface area contributed by atoms with Crippen LogP contribution in [0.4, 0.5) is 0 Å². The van der Waals surface area contributed by atoms with Crippen molar-refractivity contribution in [3.63, 3.8) is 0 Å². The average Bonchev–Trinajstić information content (AvgIpc) is 2.27. The summed E-state index contributed by atoms with van der Waals surface area (Å²) in [5, 5.41) is 0. The molecule has 0 amide bonds. The lowest BCUT2D eigenvalue weighted by Crippen LogP contribution is -1.82. The summed E-state index contributed by atoms with van der Waals surface area (Å²) in [4.78, 5) is 0. The van der Waals surface area contributed by atoms with Crippen LogP contribution in [-0.4, -0.2) is 0 Å². The van der Waals surface area contributed by atoms with Gasteiger partial charge in [0.2, 0.25) is 0 Å². The molecule has 0 unspecified atom stereocenters. The lowest BCUT2D eigenvalue weighted by molar-refractivity contribution is 1.19. The van der Waals surface area contributed by atoms with E-state index in [-0.39, 0.29) is 0 Å².